The molecule has 10 heteroatoms. The van der Waals surface area contributed by atoms with Crippen molar-refractivity contribution in [2.75, 3.05) is 17.2 Å². The molecule has 0 spiro atoms. The number of H-pyrrole nitrogens is 1. The average molecular weight is 318 g/mol. The summed E-state index contributed by atoms with van der Waals surface area (Å²) in [5.74, 6) is -1.58. The van der Waals surface area contributed by atoms with Crippen LogP contribution in [0.2, 0.25) is 0 Å². The molecule has 2 rings (SSSR count). The van der Waals surface area contributed by atoms with Crippen molar-refractivity contribution in [1.82, 2.24) is 10.2 Å². The minimum atomic E-state index is -4.56. The van der Waals surface area contributed by atoms with E-state index in [4.69, 9.17) is 0 Å². The van der Waals surface area contributed by atoms with Crippen molar-refractivity contribution < 1.29 is 27.1 Å². The van der Waals surface area contributed by atoms with Gasteiger partial charge in [-0.2, -0.15) is 18.3 Å². The predicted molar refractivity (Wildman–Crippen MR) is 69.2 cm³/mol. The smallest absolute Gasteiger partial charge is 0.422 e. The van der Waals surface area contributed by atoms with E-state index in [1.807, 2.05) is 0 Å². The second-order valence-corrected chi connectivity index (χ2v) is 4.12. The quantitative estimate of drug-likeness (QED) is 0.758. The molecular formula is C12H10F4N4O2. The molecule has 0 aliphatic carbocycles. The van der Waals surface area contributed by atoms with Crippen LogP contribution >= 0.6 is 0 Å². The third kappa shape index (κ3) is 4.65. The number of rotatable bonds is 4. The van der Waals surface area contributed by atoms with Crippen LogP contribution in [0.25, 0.3) is 0 Å². The van der Waals surface area contributed by atoms with Crippen molar-refractivity contribution in [3.8, 4) is 5.75 Å². The number of alkyl halides is 3. The number of amides is 2. The highest BCUT2D eigenvalue weighted by atomic mass is 19.4. The molecule has 118 valence electrons. The first-order valence-corrected chi connectivity index (χ1v) is 5.89. The zero-order valence-corrected chi connectivity index (χ0v) is 10.9. The molecule has 0 fully saturated rings. The second-order valence-electron chi connectivity index (χ2n) is 4.12. The molecule has 0 saturated heterocycles. The Bertz CT molecular complexity index is 643. The molecule has 22 heavy (non-hydrogen) atoms. The Balaban J connectivity index is 1.95. The number of nitrogens with one attached hydrogen (secondary N) is 3. The summed E-state index contributed by atoms with van der Waals surface area (Å²) in [5, 5.41) is 10.8. The number of aromatic nitrogens is 2. The van der Waals surface area contributed by atoms with Gasteiger partial charge in [-0.25, -0.2) is 9.18 Å². The number of carbonyl (C=O) groups excluding carboxylic acids is 1. The van der Waals surface area contributed by atoms with E-state index in [0.717, 1.165) is 12.1 Å². The maximum atomic E-state index is 13.6. The first kappa shape index (κ1) is 15.6. The Morgan fingerprint density at radius 3 is 2.59 bits per heavy atom. The van der Waals surface area contributed by atoms with Gasteiger partial charge >= 0.3 is 12.2 Å². The van der Waals surface area contributed by atoms with E-state index in [2.05, 4.69) is 25.6 Å². The maximum Gasteiger partial charge on any atom is 0.422 e. The first-order valence-electron chi connectivity index (χ1n) is 5.89. The van der Waals surface area contributed by atoms with Gasteiger partial charge < -0.3 is 15.4 Å². The van der Waals surface area contributed by atoms with Crippen LogP contribution in [0.3, 0.4) is 0 Å². The van der Waals surface area contributed by atoms with E-state index in [-0.39, 0.29) is 5.69 Å². The predicted octanol–water partition coefficient (Wildman–Crippen LogP) is 3.13. The van der Waals surface area contributed by atoms with Gasteiger partial charge in [0.15, 0.2) is 18.2 Å². The fourth-order valence-electron chi connectivity index (χ4n) is 1.47. The molecule has 1 heterocycles. The van der Waals surface area contributed by atoms with Crippen molar-refractivity contribution in [3.63, 3.8) is 0 Å². The fraction of sp³-hybridized carbons (Fsp3) is 0.167. The highest BCUT2D eigenvalue weighted by Gasteiger charge is 2.28. The molecule has 0 bridgehead atoms. The summed E-state index contributed by atoms with van der Waals surface area (Å²) >= 11 is 0. The van der Waals surface area contributed by atoms with Gasteiger partial charge in [0.05, 0.1) is 11.9 Å². The summed E-state index contributed by atoms with van der Waals surface area (Å²) in [6, 6.07) is 2.39. The highest BCUT2D eigenvalue weighted by molar-refractivity contribution is 5.99. The molecule has 2 amide bonds. The van der Waals surface area contributed by atoms with E-state index >= 15 is 0 Å². The Morgan fingerprint density at radius 1 is 1.27 bits per heavy atom. The maximum absolute atomic E-state index is 13.6. The fourth-order valence-corrected chi connectivity index (χ4v) is 1.47. The van der Waals surface area contributed by atoms with Crippen LogP contribution < -0.4 is 15.4 Å². The Morgan fingerprint density at radius 2 is 2.00 bits per heavy atom. The standard InChI is InChI=1S/C12H10F4N4O2/c13-9-3-7(1-2-10(9)22-6-12(14,15)16)19-11(21)20-8-4-17-18-5-8/h1-5H,6H2,(H,17,18)(H2,19,20,21). The molecule has 0 radical (unpaired) electrons. The van der Waals surface area contributed by atoms with Crippen LogP contribution in [0.4, 0.5) is 33.7 Å². The Hall–Kier alpha value is -2.78. The molecule has 0 aliphatic heterocycles. The number of halogens is 4. The van der Waals surface area contributed by atoms with Crippen LogP contribution in [0, 0.1) is 5.82 Å². The molecule has 1 aromatic heterocycles. The largest absolute Gasteiger partial charge is 0.481 e. The third-order valence-electron chi connectivity index (χ3n) is 2.34. The van der Waals surface area contributed by atoms with E-state index in [1.54, 1.807) is 0 Å². The minimum Gasteiger partial charge on any atom is -0.481 e. The van der Waals surface area contributed by atoms with Crippen molar-refractivity contribution in [3.05, 3.63) is 36.4 Å². The molecule has 0 saturated carbocycles. The molecule has 6 nitrogen and oxygen atoms in total. The SMILES string of the molecule is O=C(Nc1cn[nH]c1)Nc1ccc(OCC(F)(F)F)c(F)c1. The Labute approximate surface area is 121 Å². The number of carbonyl (C=O) groups is 1. The summed E-state index contributed by atoms with van der Waals surface area (Å²) in [5.41, 5.74) is 0.445. The van der Waals surface area contributed by atoms with E-state index in [1.165, 1.54) is 18.5 Å². The lowest BCUT2D eigenvalue weighted by Gasteiger charge is -2.11. The normalized spacial score (nSPS) is 11.1. The summed E-state index contributed by atoms with van der Waals surface area (Å²) in [4.78, 5) is 11.6. The molecule has 0 aliphatic rings. The molecule has 0 atom stereocenters. The lowest BCUT2D eigenvalue weighted by atomic mass is 10.3. The van der Waals surface area contributed by atoms with Gasteiger partial charge in [0.25, 0.3) is 0 Å². The zero-order chi connectivity index (χ0) is 16.2. The Kier molecular flexibility index (Phi) is 4.49. The van der Waals surface area contributed by atoms with E-state index in [0.29, 0.717) is 5.69 Å². The van der Waals surface area contributed by atoms with E-state index in [9.17, 15) is 22.4 Å². The van der Waals surface area contributed by atoms with Gasteiger partial charge in [-0.05, 0) is 12.1 Å². The van der Waals surface area contributed by atoms with Gasteiger partial charge in [0.2, 0.25) is 0 Å². The minimum absolute atomic E-state index is 0.0536. The molecule has 1 aromatic carbocycles. The number of ether oxygens (including phenoxy) is 1. The zero-order valence-electron chi connectivity index (χ0n) is 10.9. The number of urea groups is 1. The number of aromatic amines is 1. The molecule has 2 aromatic rings. The van der Waals surface area contributed by atoms with Crippen LogP contribution in [-0.4, -0.2) is 29.0 Å². The number of hydrogen-bond acceptors (Lipinski definition) is 3. The monoisotopic (exact) mass is 318 g/mol. The summed E-state index contributed by atoms with van der Waals surface area (Å²) in [6.45, 7) is -1.60. The molecule has 3 N–H and O–H groups in total. The number of hydrogen-bond donors (Lipinski definition) is 3. The van der Waals surface area contributed by atoms with Gasteiger partial charge in [0, 0.05) is 18.0 Å². The number of benzene rings is 1. The average Bonchev–Trinajstić information content (AvgIpc) is 2.89. The van der Waals surface area contributed by atoms with Crippen molar-refractivity contribution in [1.29, 1.82) is 0 Å². The van der Waals surface area contributed by atoms with Crippen molar-refractivity contribution >= 4 is 17.4 Å². The summed E-state index contributed by atoms with van der Waals surface area (Å²) < 4.78 is 53.8. The van der Waals surface area contributed by atoms with Crippen LogP contribution in [-0.2, 0) is 0 Å². The molecular weight excluding hydrogens is 308 g/mol. The number of nitrogens with zero attached hydrogens (tertiary/aromatic N) is 1. The van der Waals surface area contributed by atoms with Crippen LogP contribution in [0.15, 0.2) is 30.6 Å². The topological polar surface area (TPSA) is 79.0 Å². The molecule has 0 unspecified atom stereocenters. The van der Waals surface area contributed by atoms with E-state index < -0.39 is 30.4 Å². The lowest BCUT2D eigenvalue weighted by molar-refractivity contribution is -0.153. The summed E-state index contributed by atoms with van der Waals surface area (Å²) in [6.07, 6.45) is -1.78. The van der Waals surface area contributed by atoms with Crippen molar-refractivity contribution in [2.24, 2.45) is 0 Å². The summed E-state index contributed by atoms with van der Waals surface area (Å²) in [7, 11) is 0. The number of anilines is 2. The van der Waals surface area contributed by atoms with Crippen LogP contribution in [0.1, 0.15) is 0 Å². The van der Waals surface area contributed by atoms with Gasteiger partial charge in [-0.1, -0.05) is 0 Å². The highest BCUT2D eigenvalue weighted by Crippen LogP contribution is 2.24. The third-order valence-corrected chi connectivity index (χ3v) is 2.34. The first-order chi connectivity index (χ1) is 10.3. The van der Waals surface area contributed by atoms with Gasteiger partial charge in [0.1, 0.15) is 0 Å². The lowest BCUT2D eigenvalue weighted by Crippen LogP contribution is -2.20. The van der Waals surface area contributed by atoms with Crippen molar-refractivity contribution in [2.45, 2.75) is 6.18 Å². The van der Waals surface area contributed by atoms with Gasteiger partial charge in [-0.15, -0.1) is 0 Å². The second kappa shape index (κ2) is 6.33. The van der Waals surface area contributed by atoms with Crippen LogP contribution in [0.5, 0.6) is 5.75 Å². The van der Waals surface area contributed by atoms with Gasteiger partial charge in [-0.3, -0.25) is 5.10 Å².